The second-order valence-electron chi connectivity index (χ2n) is 5.52. The molecule has 0 bridgehead atoms. The van der Waals surface area contributed by atoms with Crippen molar-refractivity contribution in [3.8, 4) is 0 Å². The molecule has 1 N–H and O–H groups in total. The highest BCUT2D eigenvalue weighted by molar-refractivity contribution is 5.92. The van der Waals surface area contributed by atoms with Crippen molar-refractivity contribution in [1.29, 1.82) is 0 Å². The first kappa shape index (κ1) is 15.5. The molecule has 7 heteroatoms. The number of hydrogen-bond donors (Lipinski definition) is 1. The van der Waals surface area contributed by atoms with Gasteiger partial charge in [0.05, 0.1) is 17.9 Å². The van der Waals surface area contributed by atoms with Gasteiger partial charge in [0.15, 0.2) is 0 Å². The van der Waals surface area contributed by atoms with Crippen molar-refractivity contribution in [3.63, 3.8) is 0 Å². The van der Waals surface area contributed by atoms with Crippen LogP contribution in [0.4, 0.5) is 14.5 Å². The van der Waals surface area contributed by atoms with Gasteiger partial charge in [-0.25, -0.2) is 8.78 Å². The van der Waals surface area contributed by atoms with Crippen LogP contribution in [0, 0.1) is 11.6 Å². The number of rotatable bonds is 4. The summed E-state index contributed by atoms with van der Waals surface area (Å²) in [6.07, 6.45) is 5.92. The SMILES string of the molecule is O=C(CN1CCC(c2cnccn2)C1)Nc1ccc(F)cc1F. The molecule has 1 aliphatic rings. The van der Waals surface area contributed by atoms with E-state index in [0.29, 0.717) is 6.54 Å². The van der Waals surface area contributed by atoms with Crippen molar-refractivity contribution in [2.75, 3.05) is 25.0 Å². The number of halogens is 2. The van der Waals surface area contributed by atoms with Gasteiger partial charge in [-0.2, -0.15) is 0 Å². The molecule has 1 unspecified atom stereocenters. The van der Waals surface area contributed by atoms with Gasteiger partial charge in [0, 0.05) is 37.1 Å². The molecule has 1 amide bonds. The van der Waals surface area contributed by atoms with E-state index in [1.165, 1.54) is 6.07 Å². The number of carbonyl (C=O) groups is 1. The number of hydrogen-bond acceptors (Lipinski definition) is 4. The molecule has 5 nitrogen and oxygen atoms in total. The molecule has 3 rings (SSSR count). The van der Waals surface area contributed by atoms with E-state index in [4.69, 9.17) is 0 Å². The Labute approximate surface area is 132 Å². The molecule has 1 saturated heterocycles. The number of nitrogens with zero attached hydrogens (tertiary/aromatic N) is 3. The van der Waals surface area contributed by atoms with E-state index in [1.807, 2.05) is 4.90 Å². The Bertz CT molecular complexity index is 696. The highest BCUT2D eigenvalue weighted by Crippen LogP contribution is 2.24. The molecular formula is C16H16F2N4O. The molecule has 120 valence electrons. The van der Waals surface area contributed by atoms with Crippen LogP contribution in [0.2, 0.25) is 0 Å². The average molecular weight is 318 g/mol. The van der Waals surface area contributed by atoms with Crippen molar-refractivity contribution in [3.05, 3.63) is 54.1 Å². The standard InChI is InChI=1S/C16H16F2N4O/c17-12-1-2-14(13(18)7-12)21-16(23)10-22-6-3-11(9-22)15-8-19-4-5-20-15/h1-2,4-5,7-8,11H,3,6,9-10H2,(H,21,23). The van der Waals surface area contributed by atoms with Crippen LogP contribution < -0.4 is 5.32 Å². The minimum atomic E-state index is -0.780. The van der Waals surface area contributed by atoms with Gasteiger partial charge < -0.3 is 5.32 Å². The molecular weight excluding hydrogens is 302 g/mol. The van der Waals surface area contributed by atoms with Crippen LogP contribution >= 0.6 is 0 Å². The molecule has 0 spiro atoms. The van der Waals surface area contributed by atoms with Gasteiger partial charge in [-0.15, -0.1) is 0 Å². The van der Waals surface area contributed by atoms with Crippen LogP contribution in [0.1, 0.15) is 18.0 Å². The summed E-state index contributed by atoms with van der Waals surface area (Å²) >= 11 is 0. The lowest BCUT2D eigenvalue weighted by molar-refractivity contribution is -0.117. The maximum absolute atomic E-state index is 13.5. The van der Waals surface area contributed by atoms with Gasteiger partial charge >= 0.3 is 0 Å². The number of carbonyl (C=O) groups excluding carboxylic acids is 1. The lowest BCUT2D eigenvalue weighted by atomic mass is 10.1. The summed E-state index contributed by atoms with van der Waals surface area (Å²) in [5, 5.41) is 2.47. The van der Waals surface area contributed by atoms with E-state index >= 15 is 0 Å². The molecule has 2 heterocycles. The van der Waals surface area contributed by atoms with Crippen LogP contribution in [0.25, 0.3) is 0 Å². The second-order valence-corrected chi connectivity index (χ2v) is 5.52. The van der Waals surface area contributed by atoms with Gasteiger partial charge in [0.2, 0.25) is 5.91 Å². The molecule has 1 aromatic heterocycles. The quantitative estimate of drug-likeness (QED) is 0.939. The predicted octanol–water partition coefficient (Wildman–Crippen LogP) is 2.18. The Balaban J connectivity index is 1.55. The van der Waals surface area contributed by atoms with Crippen molar-refractivity contribution >= 4 is 11.6 Å². The van der Waals surface area contributed by atoms with E-state index in [9.17, 15) is 13.6 Å². The van der Waals surface area contributed by atoms with E-state index in [1.54, 1.807) is 18.6 Å². The molecule has 1 atom stereocenters. The summed E-state index contributed by atoms with van der Waals surface area (Å²) in [5.74, 6) is -1.53. The van der Waals surface area contributed by atoms with Gasteiger partial charge in [-0.3, -0.25) is 19.7 Å². The van der Waals surface area contributed by atoms with E-state index in [2.05, 4.69) is 15.3 Å². The molecule has 1 aromatic carbocycles. The maximum atomic E-state index is 13.5. The number of nitrogens with one attached hydrogen (secondary N) is 1. The fourth-order valence-corrected chi connectivity index (χ4v) is 2.72. The largest absolute Gasteiger partial charge is 0.322 e. The van der Waals surface area contributed by atoms with Gasteiger partial charge in [0.1, 0.15) is 11.6 Å². The Morgan fingerprint density at radius 1 is 1.35 bits per heavy atom. The van der Waals surface area contributed by atoms with Crippen molar-refractivity contribution < 1.29 is 13.6 Å². The topological polar surface area (TPSA) is 58.1 Å². The van der Waals surface area contributed by atoms with Crippen LogP contribution in [-0.2, 0) is 4.79 Å². The first-order chi connectivity index (χ1) is 11.1. The van der Waals surface area contributed by atoms with E-state index < -0.39 is 11.6 Å². The number of aromatic nitrogens is 2. The zero-order valence-electron chi connectivity index (χ0n) is 12.4. The molecule has 1 fully saturated rings. The Kier molecular flexibility index (Phi) is 4.57. The average Bonchev–Trinajstić information content (AvgIpc) is 2.99. The molecule has 1 aliphatic heterocycles. The fourth-order valence-electron chi connectivity index (χ4n) is 2.72. The summed E-state index contributed by atoms with van der Waals surface area (Å²) in [6.45, 7) is 1.63. The van der Waals surface area contributed by atoms with Crippen LogP contribution in [0.5, 0.6) is 0 Å². The highest BCUT2D eigenvalue weighted by atomic mass is 19.1. The van der Waals surface area contributed by atoms with E-state index in [-0.39, 0.29) is 24.1 Å². The Morgan fingerprint density at radius 2 is 2.22 bits per heavy atom. The van der Waals surface area contributed by atoms with Gasteiger partial charge in [-0.05, 0) is 25.1 Å². The molecule has 0 saturated carbocycles. The minimum absolute atomic E-state index is 0.0129. The van der Waals surface area contributed by atoms with Crippen molar-refractivity contribution in [2.45, 2.75) is 12.3 Å². The van der Waals surface area contributed by atoms with Crippen LogP contribution in [0.15, 0.2) is 36.8 Å². The third-order valence-corrected chi connectivity index (χ3v) is 3.85. The first-order valence-corrected chi connectivity index (χ1v) is 7.35. The van der Waals surface area contributed by atoms with Gasteiger partial charge in [-0.1, -0.05) is 0 Å². The summed E-state index contributed by atoms with van der Waals surface area (Å²) < 4.78 is 26.4. The Hall–Kier alpha value is -2.41. The fraction of sp³-hybridized carbons (Fsp3) is 0.312. The number of likely N-dealkylation sites (tertiary alicyclic amines) is 1. The predicted molar refractivity (Wildman–Crippen MR) is 80.8 cm³/mol. The monoisotopic (exact) mass is 318 g/mol. The molecule has 0 aliphatic carbocycles. The highest BCUT2D eigenvalue weighted by Gasteiger charge is 2.26. The van der Waals surface area contributed by atoms with E-state index in [0.717, 1.165) is 30.8 Å². The third kappa shape index (κ3) is 3.87. The number of amides is 1. The summed E-state index contributed by atoms with van der Waals surface area (Å²) in [6, 6.07) is 3.07. The molecule has 23 heavy (non-hydrogen) atoms. The smallest absolute Gasteiger partial charge is 0.238 e. The zero-order chi connectivity index (χ0) is 16.2. The zero-order valence-corrected chi connectivity index (χ0v) is 12.4. The first-order valence-electron chi connectivity index (χ1n) is 7.35. The summed E-state index contributed by atoms with van der Waals surface area (Å²) in [5.41, 5.74) is 0.904. The summed E-state index contributed by atoms with van der Waals surface area (Å²) in [7, 11) is 0. The van der Waals surface area contributed by atoms with Crippen molar-refractivity contribution in [2.24, 2.45) is 0 Å². The second kappa shape index (κ2) is 6.78. The minimum Gasteiger partial charge on any atom is -0.322 e. The van der Waals surface area contributed by atoms with Gasteiger partial charge in [0.25, 0.3) is 0 Å². The molecule has 0 radical (unpaired) electrons. The lowest BCUT2D eigenvalue weighted by Crippen LogP contribution is -2.31. The molecule has 2 aromatic rings. The summed E-state index contributed by atoms with van der Waals surface area (Å²) in [4.78, 5) is 22.3. The van der Waals surface area contributed by atoms with Crippen LogP contribution in [-0.4, -0.2) is 40.4 Å². The van der Waals surface area contributed by atoms with Crippen molar-refractivity contribution in [1.82, 2.24) is 14.9 Å². The van der Waals surface area contributed by atoms with Crippen LogP contribution in [0.3, 0.4) is 0 Å². The normalized spacial score (nSPS) is 18.1. The maximum Gasteiger partial charge on any atom is 0.238 e. The Morgan fingerprint density at radius 3 is 2.96 bits per heavy atom. The number of benzene rings is 1. The third-order valence-electron chi connectivity index (χ3n) is 3.85. The number of anilines is 1. The lowest BCUT2D eigenvalue weighted by Gasteiger charge is -2.15.